The number of nitrogens with one attached hydrogen (secondary N) is 1. The standard InChI is InChI=1S/C18H15F3N4O5/c19-18(20,21)30-14-8-13(5-3-11(14)9-22)29-16-6-4-12(10-24-16)25-15(26)2-1-7-28-17(23)27/h3-6,8,10H,1-2,7H2,(H2,23,27)(H,25,26). The molecule has 0 aliphatic rings. The monoisotopic (exact) mass is 424 g/mol. The summed E-state index contributed by atoms with van der Waals surface area (Å²) in [6.07, 6.45) is -4.24. The van der Waals surface area contributed by atoms with Crippen LogP contribution in [0.15, 0.2) is 36.5 Å². The summed E-state index contributed by atoms with van der Waals surface area (Å²) in [4.78, 5) is 26.1. The lowest BCUT2D eigenvalue weighted by Crippen LogP contribution is -2.17. The molecule has 3 N–H and O–H groups in total. The first-order valence-corrected chi connectivity index (χ1v) is 8.32. The number of nitriles is 1. The van der Waals surface area contributed by atoms with E-state index in [9.17, 15) is 22.8 Å². The van der Waals surface area contributed by atoms with Gasteiger partial charge in [0, 0.05) is 18.6 Å². The van der Waals surface area contributed by atoms with Crippen molar-refractivity contribution in [3.63, 3.8) is 0 Å². The molecule has 0 bridgehead atoms. The highest BCUT2D eigenvalue weighted by Gasteiger charge is 2.32. The highest BCUT2D eigenvalue weighted by molar-refractivity contribution is 5.90. The summed E-state index contributed by atoms with van der Waals surface area (Å²) in [6, 6.07) is 7.76. The molecule has 0 unspecified atom stereocenters. The first-order chi connectivity index (χ1) is 14.2. The Balaban J connectivity index is 1.96. The molecule has 0 saturated heterocycles. The molecule has 30 heavy (non-hydrogen) atoms. The van der Waals surface area contributed by atoms with E-state index in [2.05, 4.69) is 19.8 Å². The molecular formula is C18H15F3N4O5. The summed E-state index contributed by atoms with van der Waals surface area (Å²) in [5, 5.41) is 11.4. The zero-order valence-corrected chi connectivity index (χ0v) is 15.2. The van der Waals surface area contributed by atoms with Gasteiger partial charge in [0.15, 0.2) is 5.75 Å². The molecule has 2 amide bonds. The van der Waals surface area contributed by atoms with Crippen molar-refractivity contribution in [1.82, 2.24) is 4.98 Å². The SMILES string of the molecule is N#Cc1ccc(Oc2ccc(NC(=O)CCCOC(N)=O)cn2)cc1OC(F)(F)F. The van der Waals surface area contributed by atoms with Crippen molar-refractivity contribution in [2.45, 2.75) is 19.2 Å². The molecule has 9 nitrogen and oxygen atoms in total. The summed E-state index contributed by atoms with van der Waals surface area (Å²) < 4.78 is 51.0. The number of amides is 2. The molecule has 158 valence electrons. The van der Waals surface area contributed by atoms with Crippen LogP contribution in [0.2, 0.25) is 0 Å². The van der Waals surface area contributed by atoms with Crippen LogP contribution in [0.4, 0.5) is 23.7 Å². The Morgan fingerprint density at radius 2 is 2.00 bits per heavy atom. The van der Waals surface area contributed by atoms with Gasteiger partial charge in [0.25, 0.3) is 0 Å². The van der Waals surface area contributed by atoms with Gasteiger partial charge in [0.1, 0.15) is 11.8 Å². The van der Waals surface area contributed by atoms with E-state index in [0.717, 1.165) is 12.1 Å². The van der Waals surface area contributed by atoms with E-state index in [1.54, 1.807) is 6.07 Å². The van der Waals surface area contributed by atoms with E-state index in [0.29, 0.717) is 5.69 Å². The summed E-state index contributed by atoms with van der Waals surface area (Å²) in [5.74, 6) is -1.05. The number of nitrogens with two attached hydrogens (primary N) is 1. The van der Waals surface area contributed by atoms with Gasteiger partial charge in [-0.2, -0.15) is 5.26 Å². The number of carbonyl (C=O) groups excluding carboxylic acids is 2. The lowest BCUT2D eigenvalue weighted by atomic mass is 10.2. The van der Waals surface area contributed by atoms with Crippen LogP contribution in [-0.2, 0) is 9.53 Å². The van der Waals surface area contributed by atoms with Crippen LogP contribution in [-0.4, -0.2) is 30.0 Å². The Hall–Kier alpha value is -4.01. The quantitative estimate of drug-likeness (QED) is 0.619. The van der Waals surface area contributed by atoms with Crippen molar-refractivity contribution in [3.8, 4) is 23.4 Å². The zero-order chi connectivity index (χ0) is 22.1. The van der Waals surface area contributed by atoms with Crippen molar-refractivity contribution in [1.29, 1.82) is 5.26 Å². The van der Waals surface area contributed by atoms with E-state index in [-0.39, 0.29) is 42.5 Å². The number of rotatable bonds is 8. The number of halogens is 3. The van der Waals surface area contributed by atoms with Gasteiger partial charge in [-0.3, -0.25) is 4.79 Å². The molecule has 2 aromatic rings. The van der Waals surface area contributed by atoms with Crippen LogP contribution in [0.3, 0.4) is 0 Å². The number of benzene rings is 1. The van der Waals surface area contributed by atoms with Gasteiger partial charge >= 0.3 is 12.5 Å². The number of ether oxygens (including phenoxy) is 3. The molecule has 0 saturated carbocycles. The van der Waals surface area contributed by atoms with Crippen molar-refractivity contribution >= 4 is 17.7 Å². The molecule has 0 spiro atoms. The second kappa shape index (κ2) is 9.97. The Morgan fingerprint density at radius 3 is 2.60 bits per heavy atom. The van der Waals surface area contributed by atoms with E-state index in [1.165, 1.54) is 24.4 Å². The largest absolute Gasteiger partial charge is 0.573 e. The van der Waals surface area contributed by atoms with E-state index in [4.69, 9.17) is 15.7 Å². The number of pyridine rings is 1. The summed E-state index contributed by atoms with van der Waals surface area (Å²) >= 11 is 0. The van der Waals surface area contributed by atoms with E-state index in [1.807, 2.05) is 0 Å². The predicted molar refractivity (Wildman–Crippen MR) is 95.6 cm³/mol. The minimum absolute atomic E-state index is 0.0123. The third kappa shape index (κ3) is 7.55. The molecule has 0 atom stereocenters. The fraction of sp³-hybridized carbons (Fsp3) is 0.222. The summed E-state index contributed by atoms with van der Waals surface area (Å²) in [5.41, 5.74) is 4.84. The number of nitrogens with zero attached hydrogens (tertiary/aromatic N) is 2. The Labute approximate surface area is 168 Å². The average molecular weight is 424 g/mol. The molecule has 0 radical (unpaired) electrons. The van der Waals surface area contributed by atoms with Gasteiger partial charge in [-0.25, -0.2) is 9.78 Å². The predicted octanol–water partition coefficient (Wildman–Crippen LogP) is 3.46. The number of alkyl halides is 3. The van der Waals surface area contributed by atoms with Gasteiger partial charge in [0.2, 0.25) is 11.8 Å². The molecular weight excluding hydrogens is 409 g/mol. The van der Waals surface area contributed by atoms with Gasteiger partial charge in [-0.1, -0.05) is 0 Å². The van der Waals surface area contributed by atoms with Crippen molar-refractivity contribution in [3.05, 3.63) is 42.1 Å². The third-order valence-electron chi connectivity index (χ3n) is 3.33. The molecule has 2 rings (SSSR count). The molecule has 1 aromatic carbocycles. The number of hydrogen-bond donors (Lipinski definition) is 2. The third-order valence-corrected chi connectivity index (χ3v) is 3.33. The maximum Gasteiger partial charge on any atom is 0.573 e. The van der Waals surface area contributed by atoms with Crippen molar-refractivity contribution in [2.75, 3.05) is 11.9 Å². The molecule has 0 aliphatic carbocycles. The van der Waals surface area contributed by atoms with Crippen LogP contribution >= 0.6 is 0 Å². The van der Waals surface area contributed by atoms with Crippen molar-refractivity contribution in [2.24, 2.45) is 5.73 Å². The Kier molecular flexibility index (Phi) is 7.40. The van der Waals surface area contributed by atoms with Crippen LogP contribution < -0.4 is 20.5 Å². The second-order valence-electron chi connectivity index (χ2n) is 5.62. The second-order valence-corrected chi connectivity index (χ2v) is 5.62. The Morgan fingerprint density at radius 1 is 1.23 bits per heavy atom. The van der Waals surface area contributed by atoms with Crippen LogP contribution in [0, 0.1) is 11.3 Å². The van der Waals surface area contributed by atoms with Crippen LogP contribution in [0.1, 0.15) is 18.4 Å². The molecule has 0 aliphatic heterocycles. The number of anilines is 1. The van der Waals surface area contributed by atoms with Crippen LogP contribution in [0.25, 0.3) is 0 Å². The molecule has 12 heteroatoms. The van der Waals surface area contributed by atoms with Gasteiger partial charge < -0.3 is 25.3 Å². The molecule has 1 heterocycles. The minimum atomic E-state index is -4.96. The topological polar surface area (TPSA) is 137 Å². The normalized spacial score (nSPS) is 10.6. The summed E-state index contributed by atoms with van der Waals surface area (Å²) in [7, 11) is 0. The van der Waals surface area contributed by atoms with Gasteiger partial charge in [-0.15, -0.1) is 13.2 Å². The van der Waals surface area contributed by atoms with Gasteiger partial charge in [-0.05, 0) is 24.6 Å². The number of hydrogen-bond acceptors (Lipinski definition) is 7. The van der Waals surface area contributed by atoms with E-state index >= 15 is 0 Å². The highest BCUT2D eigenvalue weighted by Crippen LogP contribution is 2.31. The molecule has 0 fully saturated rings. The summed E-state index contributed by atoms with van der Waals surface area (Å²) in [6.45, 7) is 0.0123. The number of aromatic nitrogens is 1. The minimum Gasteiger partial charge on any atom is -0.450 e. The molecule has 1 aromatic heterocycles. The first kappa shape index (κ1) is 22.3. The van der Waals surface area contributed by atoms with Crippen molar-refractivity contribution < 1.29 is 37.0 Å². The lowest BCUT2D eigenvalue weighted by molar-refractivity contribution is -0.274. The highest BCUT2D eigenvalue weighted by atomic mass is 19.4. The zero-order valence-electron chi connectivity index (χ0n) is 15.2. The Bertz CT molecular complexity index is 942. The smallest absolute Gasteiger partial charge is 0.450 e. The maximum atomic E-state index is 12.5. The lowest BCUT2D eigenvalue weighted by Gasteiger charge is -2.12. The first-order valence-electron chi connectivity index (χ1n) is 8.32. The average Bonchev–Trinajstić information content (AvgIpc) is 2.66. The fourth-order valence-electron chi connectivity index (χ4n) is 2.13. The fourth-order valence-corrected chi connectivity index (χ4v) is 2.13. The maximum absolute atomic E-state index is 12.5. The number of primary amides is 1. The van der Waals surface area contributed by atoms with E-state index < -0.39 is 18.2 Å². The number of carbonyl (C=O) groups is 2. The van der Waals surface area contributed by atoms with Gasteiger partial charge in [0.05, 0.1) is 24.1 Å². The van der Waals surface area contributed by atoms with Crippen LogP contribution in [0.5, 0.6) is 17.4 Å².